The van der Waals surface area contributed by atoms with Crippen molar-refractivity contribution in [1.82, 2.24) is 20.4 Å². The molecular weight excluding hydrogens is 228 g/mol. The van der Waals surface area contributed by atoms with Crippen molar-refractivity contribution in [3.8, 4) is 0 Å². The topological polar surface area (TPSA) is 59.0 Å². The van der Waals surface area contributed by atoms with Crippen LogP contribution in [0.1, 0.15) is 18.2 Å². The highest BCUT2D eigenvalue weighted by Crippen LogP contribution is 2.06. The van der Waals surface area contributed by atoms with E-state index in [-0.39, 0.29) is 18.3 Å². The second-order valence-electron chi connectivity index (χ2n) is 3.44. The molecule has 6 heteroatoms. The van der Waals surface area contributed by atoms with Crippen LogP contribution in [0.4, 0.5) is 0 Å². The number of hydrogen-bond acceptors (Lipinski definition) is 3. The number of hydrogen-bond donors (Lipinski definition) is 2. The van der Waals surface area contributed by atoms with Gasteiger partial charge in [-0.15, -0.1) is 12.4 Å². The summed E-state index contributed by atoms with van der Waals surface area (Å²) in [5.74, 6) is 0.00315. The first-order chi connectivity index (χ1) is 7.17. The summed E-state index contributed by atoms with van der Waals surface area (Å²) in [5, 5.41) is 9.94. The SMILES string of the molecule is CCc1nn(C)cc1CNC(=O)CNC.Cl. The Kier molecular flexibility index (Phi) is 6.76. The van der Waals surface area contributed by atoms with Gasteiger partial charge in [0.2, 0.25) is 5.91 Å². The van der Waals surface area contributed by atoms with Crippen LogP contribution in [-0.4, -0.2) is 29.3 Å². The minimum absolute atomic E-state index is 0. The molecule has 16 heavy (non-hydrogen) atoms. The predicted octanol–water partition coefficient (Wildman–Crippen LogP) is 0.240. The summed E-state index contributed by atoms with van der Waals surface area (Å²) in [6.45, 7) is 2.96. The van der Waals surface area contributed by atoms with Crippen molar-refractivity contribution in [1.29, 1.82) is 0 Å². The van der Waals surface area contributed by atoms with Crippen molar-refractivity contribution >= 4 is 18.3 Å². The van der Waals surface area contributed by atoms with Crippen molar-refractivity contribution in [3.05, 3.63) is 17.5 Å². The van der Waals surface area contributed by atoms with Crippen molar-refractivity contribution in [3.63, 3.8) is 0 Å². The summed E-state index contributed by atoms with van der Waals surface area (Å²) >= 11 is 0. The monoisotopic (exact) mass is 246 g/mol. The smallest absolute Gasteiger partial charge is 0.234 e. The fraction of sp³-hybridized carbons (Fsp3) is 0.600. The number of halogens is 1. The van der Waals surface area contributed by atoms with E-state index in [0.29, 0.717) is 13.1 Å². The third-order valence-corrected chi connectivity index (χ3v) is 2.14. The molecule has 0 saturated heterocycles. The fourth-order valence-electron chi connectivity index (χ4n) is 1.45. The molecule has 1 aromatic heterocycles. The number of nitrogens with zero attached hydrogens (tertiary/aromatic N) is 2. The number of aryl methyl sites for hydroxylation is 2. The lowest BCUT2D eigenvalue weighted by Crippen LogP contribution is -2.31. The van der Waals surface area contributed by atoms with E-state index in [1.807, 2.05) is 13.2 Å². The average molecular weight is 247 g/mol. The van der Waals surface area contributed by atoms with Crippen LogP contribution in [0.5, 0.6) is 0 Å². The Morgan fingerprint density at radius 1 is 1.56 bits per heavy atom. The lowest BCUT2D eigenvalue weighted by atomic mass is 10.2. The second-order valence-corrected chi connectivity index (χ2v) is 3.44. The molecule has 0 aliphatic rings. The maximum absolute atomic E-state index is 11.2. The van der Waals surface area contributed by atoms with Crippen LogP contribution < -0.4 is 10.6 Å². The van der Waals surface area contributed by atoms with E-state index in [9.17, 15) is 4.79 Å². The largest absolute Gasteiger partial charge is 0.351 e. The van der Waals surface area contributed by atoms with E-state index in [4.69, 9.17) is 0 Å². The standard InChI is InChI=1S/C10H18N4O.ClH/c1-4-9-8(7-14(3)13-9)5-12-10(15)6-11-2;/h7,11H,4-6H2,1-3H3,(H,12,15);1H. The minimum atomic E-state index is 0. The van der Waals surface area contributed by atoms with Gasteiger partial charge in [-0.3, -0.25) is 9.48 Å². The van der Waals surface area contributed by atoms with Crippen LogP contribution in [0, 0.1) is 0 Å². The molecule has 0 aliphatic carbocycles. The number of likely N-dealkylation sites (N-methyl/N-ethyl adjacent to an activating group) is 1. The zero-order valence-corrected chi connectivity index (χ0v) is 10.7. The van der Waals surface area contributed by atoms with Crippen molar-refractivity contribution in [2.24, 2.45) is 7.05 Å². The molecule has 0 bridgehead atoms. The second kappa shape index (κ2) is 7.24. The molecule has 1 heterocycles. The summed E-state index contributed by atoms with van der Waals surface area (Å²) in [5.41, 5.74) is 2.13. The van der Waals surface area contributed by atoms with Gasteiger partial charge in [0.05, 0.1) is 12.2 Å². The van der Waals surface area contributed by atoms with Crippen LogP contribution in [0.2, 0.25) is 0 Å². The van der Waals surface area contributed by atoms with Crippen molar-refractivity contribution < 1.29 is 4.79 Å². The molecule has 92 valence electrons. The van der Waals surface area contributed by atoms with E-state index in [0.717, 1.165) is 17.7 Å². The van der Waals surface area contributed by atoms with Crippen LogP contribution in [0.3, 0.4) is 0 Å². The van der Waals surface area contributed by atoms with Gasteiger partial charge in [-0.25, -0.2) is 0 Å². The van der Waals surface area contributed by atoms with E-state index < -0.39 is 0 Å². The Bertz CT molecular complexity index is 338. The molecule has 1 aromatic rings. The summed E-state index contributed by atoms with van der Waals surface area (Å²) in [6.07, 6.45) is 2.83. The molecule has 0 saturated carbocycles. The third kappa shape index (κ3) is 4.20. The Hall–Kier alpha value is -1.07. The van der Waals surface area contributed by atoms with Gasteiger partial charge in [0, 0.05) is 25.4 Å². The van der Waals surface area contributed by atoms with Gasteiger partial charge in [-0.1, -0.05) is 6.92 Å². The van der Waals surface area contributed by atoms with E-state index >= 15 is 0 Å². The first-order valence-electron chi connectivity index (χ1n) is 5.10. The van der Waals surface area contributed by atoms with Gasteiger partial charge < -0.3 is 10.6 Å². The Morgan fingerprint density at radius 3 is 2.81 bits per heavy atom. The zero-order valence-electron chi connectivity index (χ0n) is 9.91. The van der Waals surface area contributed by atoms with Crippen molar-refractivity contribution in [2.75, 3.05) is 13.6 Å². The number of amides is 1. The highest BCUT2D eigenvalue weighted by molar-refractivity contribution is 5.85. The number of carbonyl (C=O) groups is 1. The number of nitrogens with one attached hydrogen (secondary N) is 2. The molecule has 0 unspecified atom stereocenters. The van der Waals surface area contributed by atoms with Gasteiger partial charge in [0.1, 0.15) is 0 Å². The highest BCUT2D eigenvalue weighted by atomic mass is 35.5. The van der Waals surface area contributed by atoms with E-state index in [1.54, 1.807) is 11.7 Å². The zero-order chi connectivity index (χ0) is 11.3. The van der Waals surface area contributed by atoms with Crippen molar-refractivity contribution in [2.45, 2.75) is 19.9 Å². The maximum atomic E-state index is 11.2. The van der Waals surface area contributed by atoms with Gasteiger partial charge >= 0.3 is 0 Å². The molecule has 1 rings (SSSR count). The normalized spacial score (nSPS) is 9.69. The van der Waals surface area contributed by atoms with Crippen LogP contribution in [0.15, 0.2) is 6.20 Å². The van der Waals surface area contributed by atoms with Gasteiger partial charge in [-0.05, 0) is 13.5 Å². The molecule has 5 nitrogen and oxygen atoms in total. The minimum Gasteiger partial charge on any atom is -0.351 e. The maximum Gasteiger partial charge on any atom is 0.234 e. The predicted molar refractivity (Wildman–Crippen MR) is 65.6 cm³/mol. The third-order valence-electron chi connectivity index (χ3n) is 2.14. The highest BCUT2D eigenvalue weighted by Gasteiger charge is 2.06. The summed E-state index contributed by atoms with van der Waals surface area (Å²) in [7, 11) is 3.64. The van der Waals surface area contributed by atoms with E-state index in [2.05, 4.69) is 22.7 Å². The average Bonchev–Trinajstić information content (AvgIpc) is 2.56. The number of rotatable bonds is 5. The molecule has 2 N–H and O–H groups in total. The number of carbonyl (C=O) groups excluding carboxylic acids is 1. The Labute approximate surface area is 102 Å². The Morgan fingerprint density at radius 2 is 2.25 bits per heavy atom. The van der Waals surface area contributed by atoms with Crippen LogP contribution in [0.25, 0.3) is 0 Å². The first kappa shape index (κ1) is 14.9. The van der Waals surface area contributed by atoms with E-state index in [1.165, 1.54) is 0 Å². The lowest BCUT2D eigenvalue weighted by molar-refractivity contribution is -0.120. The molecule has 0 aromatic carbocycles. The molecule has 0 radical (unpaired) electrons. The molecule has 0 aliphatic heterocycles. The molecular formula is C10H19ClN4O. The molecule has 1 amide bonds. The molecule has 0 atom stereocenters. The summed E-state index contributed by atoms with van der Waals surface area (Å²) in [6, 6.07) is 0. The number of aromatic nitrogens is 2. The molecule has 0 spiro atoms. The summed E-state index contributed by atoms with van der Waals surface area (Å²) in [4.78, 5) is 11.2. The summed E-state index contributed by atoms with van der Waals surface area (Å²) < 4.78 is 1.78. The fourth-order valence-corrected chi connectivity index (χ4v) is 1.45. The Balaban J connectivity index is 0.00000225. The molecule has 0 fully saturated rings. The van der Waals surface area contributed by atoms with Crippen LogP contribution >= 0.6 is 12.4 Å². The van der Waals surface area contributed by atoms with Gasteiger partial charge in [-0.2, -0.15) is 5.10 Å². The first-order valence-corrected chi connectivity index (χ1v) is 5.10. The quantitative estimate of drug-likeness (QED) is 0.783. The lowest BCUT2D eigenvalue weighted by Gasteiger charge is -2.03. The van der Waals surface area contributed by atoms with Gasteiger partial charge in [0.15, 0.2) is 0 Å². The van der Waals surface area contributed by atoms with Gasteiger partial charge in [0.25, 0.3) is 0 Å². The van der Waals surface area contributed by atoms with Crippen LogP contribution in [-0.2, 0) is 24.8 Å².